The normalized spacial score (nSPS) is 17.4. The number of para-hydroxylation sites is 1. The number of hydrogen-bond donors (Lipinski definition) is 2. The molecular weight excluding hydrogens is 270 g/mol. The maximum atomic E-state index is 11.5. The number of hydrogen-bond acceptors (Lipinski definition) is 4. The van der Waals surface area contributed by atoms with Gasteiger partial charge in [0.2, 0.25) is 0 Å². The molecule has 1 saturated heterocycles. The molecule has 5 nitrogen and oxygen atoms in total. The molecule has 0 spiro atoms. The van der Waals surface area contributed by atoms with Gasteiger partial charge in [-0.1, -0.05) is 18.2 Å². The summed E-state index contributed by atoms with van der Waals surface area (Å²) in [5.41, 5.74) is 0.894. The number of nitrogens with zero attached hydrogens (tertiary/aromatic N) is 1. The number of carboxylic acids is 1. The highest BCUT2D eigenvalue weighted by atomic mass is 16.4. The van der Waals surface area contributed by atoms with Gasteiger partial charge >= 0.3 is 5.97 Å². The Kier molecular flexibility index (Phi) is 3.94. The van der Waals surface area contributed by atoms with Crippen molar-refractivity contribution in [2.45, 2.75) is 19.4 Å². The Balaban J connectivity index is 1.84. The van der Waals surface area contributed by atoms with Crippen molar-refractivity contribution in [2.24, 2.45) is 5.92 Å². The SMILES string of the molecule is O=C(O)c1c(CN2CCC(CO)CC2)oc2ccccc12. The standard InChI is InChI=1S/C16H19NO4/c18-10-11-5-7-17(8-6-11)9-14-15(16(19)20)12-3-1-2-4-13(12)21-14/h1-4,11,18H,5-10H2,(H,19,20). The molecule has 2 N–H and O–H groups in total. The summed E-state index contributed by atoms with van der Waals surface area (Å²) in [5.74, 6) is -0.0535. The Morgan fingerprint density at radius 3 is 2.67 bits per heavy atom. The van der Waals surface area contributed by atoms with E-state index in [0.717, 1.165) is 25.9 Å². The Hall–Kier alpha value is -1.85. The second-order valence-electron chi connectivity index (χ2n) is 5.60. The van der Waals surface area contributed by atoms with Gasteiger partial charge in [-0.2, -0.15) is 0 Å². The van der Waals surface area contributed by atoms with Crippen LogP contribution in [0.25, 0.3) is 11.0 Å². The van der Waals surface area contributed by atoms with Crippen LogP contribution in [0.1, 0.15) is 29.0 Å². The zero-order valence-corrected chi connectivity index (χ0v) is 11.8. The predicted molar refractivity (Wildman–Crippen MR) is 78.3 cm³/mol. The quantitative estimate of drug-likeness (QED) is 0.903. The first-order valence-electron chi connectivity index (χ1n) is 7.26. The predicted octanol–water partition coefficient (Wildman–Crippen LogP) is 2.34. The molecule has 1 aromatic heterocycles. The average Bonchev–Trinajstić information content (AvgIpc) is 2.86. The molecule has 0 bridgehead atoms. The lowest BCUT2D eigenvalue weighted by atomic mass is 9.98. The zero-order chi connectivity index (χ0) is 14.8. The number of aromatic carboxylic acids is 1. The van der Waals surface area contributed by atoms with Gasteiger partial charge in [0.1, 0.15) is 16.9 Å². The van der Waals surface area contributed by atoms with Crippen LogP contribution < -0.4 is 0 Å². The maximum absolute atomic E-state index is 11.5. The molecule has 0 unspecified atom stereocenters. The minimum Gasteiger partial charge on any atom is -0.478 e. The summed E-state index contributed by atoms with van der Waals surface area (Å²) in [5, 5.41) is 19.3. The van der Waals surface area contributed by atoms with Crippen LogP contribution >= 0.6 is 0 Å². The van der Waals surface area contributed by atoms with Gasteiger partial charge in [0, 0.05) is 12.0 Å². The van der Waals surface area contributed by atoms with Crippen LogP contribution in [0.15, 0.2) is 28.7 Å². The summed E-state index contributed by atoms with van der Waals surface area (Å²) in [4.78, 5) is 13.7. The van der Waals surface area contributed by atoms with Crippen LogP contribution in [0.2, 0.25) is 0 Å². The minimum absolute atomic E-state index is 0.235. The number of carbonyl (C=O) groups is 1. The fourth-order valence-corrected chi connectivity index (χ4v) is 2.97. The first kappa shape index (κ1) is 14.1. The van der Waals surface area contributed by atoms with Crippen LogP contribution in [-0.2, 0) is 6.54 Å². The van der Waals surface area contributed by atoms with Crippen LogP contribution in [0.5, 0.6) is 0 Å². The van der Waals surface area contributed by atoms with Crippen LogP contribution in [0, 0.1) is 5.92 Å². The van der Waals surface area contributed by atoms with Gasteiger partial charge in [-0.05, 0) is 37.9 Å². The number of likely N-dealkylation sites (tertiary alicyclic amines) is 1. The van der Waals surface area contributed by atoms with Crippen LogP contribution in [0.4, 0.5) is 0 Å². The van der Waals surface area contributed by atoms with Crippen molar-refractivity contribution in [1.82, 2.24) is 4.90 Å². The van der Waals surface area contributed by atoms with Gasteiger partial charge < -0.3 is 14.6 Å². The van der Waals surface area contributed by atoms with Gasteiger partial charge in [-0.25, -0.2) is 4.79 Å². The molecule has 5 heteroatoms. The van der Waals surface area contributed by atoms with Gasteiger partial charge in [0.05, 0.1) is 6.54 Å². The van der Waals surface area contributed by atoms with Crippen molar-refractivity contribution >= 4 is 16.9 Å². The molecule has 0 amide bonds. The third kappa shape index (κ3) is 2.80. The fraction of sp³-hybridized carbons (Fsp3) is 0.438. The number of furan rings is 1. The van der Waals surface area contributed by atoms with Crippen molar-refractivity contribution in [3.8, 4) is 0 Å². The highest BCUT2D eigenvalue weighted by molar-refractivity contribution is 6.03. The molecule has 0 aliphatic carbocycles. The summed E-state index contributed by atoms with van der Waals surface area (Å²) in [6.07, 6.45) is 1.89. The van der Waals surface area contributed by atoms with Crippen molar-refractivity contribution in [2.75, 3.05) is 19.7 Å². The first-order chi connectivity index (χ1) is 10.2. The molecule has 0 radical (unpaired) electrons. The Morgan fingerprint density at radius 1 is 1.29 bits per heavy atom. The summed E-state index contributed by atoms with van der Waals surface area (Å²) < 4.78 is 5.74. The van der Waals surface area contributed by atoms with E-state index in [9.17, 15) is 9.90 Å². The molecule has 112 valence electrons. The summed E-state index contributed by atoms with van der Waals surface area (Å²) in [7, 11) is 0. The van der Waals surface area contributed by atoms with Crippen molar-refractivity contribution in [1.29, 1.82) is 0 Å². The van der Waals surface area contributed by atoms with E-state index in [0.29, 0.717) is 29.2 Å². The van der Waals surface area contributed by atoms with Gasteiger partial charge in [-0.3, -0.25) is 4.90 Å². The number of carboxylic acid groups (broad SMARTS) is 1. The number of aliphatic hydroxyl groups excluding tert-OH is 1. The lowest BCUT2D eigenvalue weighted by Gasteiger charge is -2.30. The van der Waals surface area contributed by atoms with Crippen molar-refractivity contribution < 1.29 is 19.4 Å². The second kappa shape index (κ2) is 5.87. The molecule has 1 aromatic carbocycles. The highest BCUT2D eigenvalue weighted by Gasteiger charge is 2.24. The molecular formula is C16H19NO4. The van der Waals surface area contributed by atoms with E-state index in [1.165, 1.54) is 0 Å². The summed E-state index contributed by atoms with van der Waals surface area (Å²) >= 11 is 0. The maximum Gasteiger partial charge on any atom is 0.339 e. The number of fused-ring (bicyclic) bond motifs is 1. The fourth-order valence-electron chi connectivity index (χ4n) is 2.97. The van der Waals surface area contributed by atoms with E-state index < -0.39 is 5.97 Å². The van der Waals surface area contributed by atoms with Gasteiger partial charge in [-0.15, -0.1) is 0 Å². The lowest BCUT2D eigenvalue weighted by molar-refractivity contribution is 0.0692. The first-order valence-corrected chi connectivity index (χ1v) is 7.26. The number of benzene rings is 1. The van der Waals surface area contributed by atoms with Crippen LogP contribution in [0.3, 0.4) is 0 Å². The Labute approximate surface area is 122 Å². The molecule has 0 atom stereocenters. The molecule has 1 aliphatic rings. The van der Waals surface area contributed by atoms with E-state index in [2.05, 4.69) is 4.90 Å². The van der Waals surface area contributed by atoms with E-state index >= 15 is 0 Å². The Morgan fingerprint density at radius 2 is 2.00 bits per heavy atom. The molecule has 21 heavy (non-hydrogen) atoms. The molecule has 1 aliphatic heterocycles. The molecule has 1 fully saturated rings. The van der Waals surface area contributed by atoms with E-state index in [4.69, 9.17) is 9.52 Å². The summed E-state index contributed by atoms with van der Waals surface area (Å²) in [6.45, 7) is 2.47. The Bertz CT molecular complexity index is 641. The van der Waals surface area contributed by atoms with E-state index in [-0.39, 0.29) is 12.2 Å². The zero-order valence-electron chi connectivity index (χ0n) is 11.8. The molecule has 2 aromatic rings. The molecule has 2 heterocycles. The smallest absolute Gasteiger partial charge is 0.339 e. The number of rotatable bonds is 4. The lowest BCUT2D eigenvalue weighted by Crippen LogP contribution is -2.34. The minimum atomic E-state index is -0.944. The van der Waals surface area contributed by atoms with Gasteiger partial charge in [0.15, 0.2) is 0 Å². The largest absolute Gasteiger partial charge is 0.478 e. The highest BCUT2D eigenvalue weighted by Crippen LogP contribution is 2.28. The van der Waals surface area contributed by atoms with Crippen molar-refractivity contribution in [3.05, 3.63) is 35.6 Å². The van der Waals surface area contributed by atoms with Crippen molar-refractivity contribution in [3.63, 3.8) is 0 Å². The number of piperidine rings is 1. The second-order valence-corrected chi connectivity index (χ2v) is 5.60. The van der Waals surface area contributed by atoms with E-state index in [1.807, 2.05) is 12.1 Å². The number of aliphatic hydroxyl groups is 1. The molecule has 0 saturated carbocycles. The van der Waals surface area contributed by atoms with Crippen LogP contribution in [-0.4, -0.2) is 40.8 Å². The third-order valence-electron chi connectivity index (χ3n) is 4.21. The summed E-state index contributed by atoms with van der Waals surface area (Å²) in [6, 6.07) is 7.24. The van der Waals surface area contributed by atoms with E-state index in [1.54, 1.807) is 12.1 Å². The third-order valence-corrected chi connectivity index (χ3v) is 4.21. The average molecular weight is 289 g/mol. The monoisotopic (exact) mass is 289 g/mol. The topological polar surface area (TPSA) is 73.9 Å². The van der Waals surface area contributed by atoms with Gasteiger partial charge in [0.25, 0.3) is 0 Å². The molecule has 3 rings (SSSR count).